The molecule has 5 nitrogen and oxygen atoms in total. The topological polar surface area (TPSA) is 41.4 Å². The zero-order valence-corrected chi connectivity index (χ0v) is 22.6. The Morgan fingerprint density at radius 2 is 1.58 bits per heavy atom. The van der Waals surface area contributed by atoms with Crippen molar-refractivity contribution in [1.82, 2.24) is 19.6 Å². The Hall–Kier alpha value is -3.70. The maximum absolute atomic E-state index is 13.2. The zero-order valence-electron chi connectivity index (χ0n) is 22.6. The Bertz CT molecular complexity index is 1310. The summed E-state index contributed by atoms with van der Waals surface area (Å²) in [5, 5.41) is 4.92. The molecule has 5 heteroatoms. The van der Waals surface area contributed by atoms with Gasteiger partial charge in [0.25, 0.3) is 0 Å². The van der Waals surface area contributed by atoms with Crippen molar-refractivity contribution >= 4 is 5.91 Å². The first-order valence-electron chi connectivity index (χ1n) is 13.8. The predicted molar refractivity (Wildman–Crippen MR) is 154 cm³/mol. The summed E-state index contributed by atoms with van der Waals surface area (Å²) >= 11 is 0. The van der Waals surface area contributed by atoms with Crippen LogP contribution in [0.25, 0.3) is 16.9 Å². The fourth-order valence-corrected chi connectivity index (χ4v) is 5.35. The average Bonchev–Trinajstić information content (AvgIpc) is 3.37. The van der Waals surface area contributed by atoms with Crippen LogP contribution < -0.4 is 0 Å². The van der Waals surface area contributed by atoms with Crippen molar-refractivity contribution < 1.29 is 4.79 Å². The zero-order chi connectivity index (χ0) is 26.3. The van der Waals surface area contributed by atoms with E-state index in [-0.39, 0.29) is 5.91 Å². The average molecular weight is 507 g/mol. The van der Waals surface area contributed by atoms with E-state index in [9.17, 15) is 4.79 Å². The lowest BCUT2D eigenvalue weighted by atomic mass is 9.90. The molecule has 38 heavy (non-hydrogen) atoms. The van der Waals surface area contributed by atoms with E-state index in [2.05, 4.69) is 71.5 Å². The predicted octanol–water partition coefficient (Wildman–Crippen LogP) is 6.15. The van der Waals surface area contributed by atoms with Gasteiger partial charge in [-0.3, -0.25) is 9.69 Å². The van der Waals surface area contributed by atoms with E-state index in [0.717, 1.165) is 54.9 Å². The molecule has 2 heterocycles. The fraction of sp³-hybridized carbons (Fsp3) is 0.333. The van der Waals surface area contributed by atoms with Crippen LogP contribution in [0.3, 0.4) is 0 Å². The number of aryl methyl sites for hydroxylation is 2. The molecule has 5 rings (SSSR count). The van der Waals surface area contributed by atoms with E-state index in [0.29, 0.717) is 19.0 Å². The molecule has 4 aromatic rings. The Balaban J connectivity index is 1.17. The van der Waals surface area contributed by atoms with Gasteiger partial charge in [-0.2, -0.15) is 5.10 Å². The molecule has 1 aliphatic rings. The summed E-state index contributed by atoms with van der Waals surface area (Å²) in [6.07, 6.45) is 6.63. The molecule has 0 bridgehead atoms. The first kappa shape index (κ1) is 25.9. The van der Waals surface area contributed by atoms with Gasteiger partial charge in [-0.25, -0.2) is 4.68 Å². The Labute approximate surface area is 226 Å². The first-order chi connectivity index (χ1) is 18.5. The SMILES string of the molecule is Cc1ccc(CCC2CCN(C(=O)CN(C)Cc3cn(-c4ccccc4)nc3-c3ccccc3)CC2)cc1. The number of likely N-dealkylation sites (tertiary alicyclic amines) is 1. The number of rotatable bonds is 9. The van der Waals surface area contributed by atoms with E-state index in [1.807, 2.05) is 48.1 Å². The van der Waals surface area contributed by atoms with Crippen molar-refractivity contribution in [1.29, 1.82) is 0 Å². The molecule has 0 saturated carbocycles. The summed E-state index contributed by atoms with van der Waals surface area (Å²) < 4.78 is 1.94. The van der Waals surface area contributed by atoms with Gasteiger partial charge in [0.1, 0.15) is 0 Å². The number of hydrogen-bond acceptors (Lipinski definition) is 3. The standard InChI is InChI=1S/C33H38N4O/c1-26-13-15-27(16-14-26)17-18-28-19-21-36(22-20-28)32(38)25-35(2)23-30-24-37(31-11-7-4-8-12-31)34-33(30)29-9-5-3-6-10-29/h3-16,24,28H,17-23,25H2,1-2H3. The number of amides is 1. The van der Waals surface area contributed by atoms with Gasteiger partial charge >= 0.3 is 0 Å². The molecular formula is C33H38N4O. The van der Waals surface area contributed by atoms with Crippen molar-refractivity contribution in [3.63, 3.8) is 0 Å². The highest BCUT2D eigenvalue weighted by Gasteiger charge is 2.24. The van der Waals surface area contributed by atoms with Gasteiger partial charge in [0, 0.05) is 37.0 Å². The van der Waals surface area contributed by atoms with Crippen molar-refractivity contribution in [3.8, 4) is 16.9 Å². The number of likely N-dealkylation sites (N-methyl/N-ethyl adjacent to an activating group) is 1. The molecular weight excluding hydrogens is 468 g/mol. The lowest BCUT2D eigenvalue weighted by Crippen LogP contribution is -2.43. The van der Waals surface area contributed by atoms with Gasteiger partial charge in [0.15, 0.2) is 0 Å². The number of piperidine rings is 1. The van der Waals surface area contributed by atoms with Crippen LogP contribution in [0.2, 0.25) is 0 Å². The quantitative estimate of drug-likeness (QED) is 0.273. The van der Waals surface area contributed by atoms with Crippen LogP contribution in [0, 0.1) is 12.8 Å². The van der Waals surface area contributed by atoms with Crippen LogP contribution in [-0.2, 0) is 17.8 Å². The van der Waals surface area contributed by atoms with Crippen LogP contribution in [0.15, 0.2) is 91.1 Å². The number of hydrogen-bond donors (Lipinski definition) is 0. The number of nitrogens with zero attached hydrogens (tertiary/aromatic N) is 4. The van der Waals surface area contributed by atoms with Gasteiger partial charge in [0.05, 0.1) is 17.9 Å². The molecule has 3 aromatic carbocycles. The Morgan fingerprint density at radius 1 is 0.921 bits per heavy atom. The van der Waals surface area contributed by atoms with Crippen molar-refractivity contribution in [2.24, 2.45) is 5.92 Å². The third-order valence-electron chi connectivity index (χ3n) is 7.63. The molecule has 0 N–H and O–H groups in total. The van der Waals surface area contributed by atoms with E-state index < -0.39 is 0 Å². The molecule has 0 atom stereocenters. The largest absolute Gasteiger partial charge is 0.342 e. The molecule has 0 spiro atoms. The normalized spacial score (nSPS) is 14.2. The number of carbonyl (C=O) groups excluding carboxylic acids is 1. The molecule has 1 aromatic heterocycles. The lowest BCUT2D eigenvalue weighted by molar-refractivity contribution is -0.133. The van der Waals surface area contributed by atoms with Gasteiger partial charge < -0.3 is 4.90 Å². The van der Waals surface area contributed by atoms with Crippen LogP contribution >= 0.6 is 0 Å². The molecule has 1 aliphatic heterocycles. The second-order valence-electron chi connectivity index (χ2n) is 10.7. The van der Waals surface area contributed by atoms with Crippen molar-refractivity contribution in [2.45, 2.75) is 39.2 Å². The highest BCUT2D eigenvalue weighted by atomic mass is 16.2. The number of aromatic nitrogens is 2. The molecule has 196 valence electrons. The third-order valence-corrected chi connectivity index (χ3v) is 7.63. The maximum Gasteiger partial charge on any atom is 0.236 e. The van der Waals surface area contributed by atoms with Crippen molar-refractivity contribution in [2.75, 3.05) is 26.7 Å². The minimum Gasteiger partial charge on any atom is -0.342 e. The monoisotopic (exact) mass is 506 g/mol. The molecule has 1 saturated heterocycles. The summed E-state index contributed by atoms with van der Waals surface area (Å²) in [4.78, 5) is 17.3. The highest BCUT2D eigenvalue weighted by molar-refractivity contribution is 5.78. The minimum absolute atomic E-state index is 0.223. The summed E-state index contributed by atoms with van der Waals surface area (Å²) in [5.74, 6) is 0.927. The molecule has 1 amide bonds. The third kappa shape index (κ3) is 6.59. The number of para-hydroxylation sites is 1. The second-order valence-corrected chi connectivity index (χ2v) is 10.7. The number of benzene rings is 3. The minimum atomic E-state index is 0.223. The molecule has 0 aliphatic carbocycles. The van der Waals surface area contributed by atoms with Crippen LogP contribution in [0.4, 0.5) is 0 Å². The van der Waals surface area contributed by atoms with E-state index in [1.165, 1.54) is 17.5 Å². The smallest absolute Gasteiger partial charge is 0.236 e. The summed E-state index contributed by atoms with van der Waals surface area (Å²) in [6, 6.07) is 29.3. The van der Waals surface area contributed by atoms with Crippen LogP contribution in [0.1, 0.15) is 36.0 Å². The summed E-state index contributed by atoms with van der Waals surface area (Å²) in [7, 11) is 2.03. The number of carbonyl (C=O) groups is 1. The summed E-state index contributed by atoms with van der Waals surface area (Å²) in [5.41, 5.74) is 6.92. The van der Waals surface area contributed by atoms with E-state index >= 15 is 0 Å². The van der Waals surface area contributed by atoms with Gasteiger partial charge in [-0.05, 0) is 63.3 Å². The lowest BCUT2D eigenvalue weighted by Gasteiger charge is -2.33. The molecule has 0 radical (unpaired) electrons. The van der Waals surface area contributed by atoms with Gasteiger partial charge in [0.2, 0.25) is 5.91 Å². The molecule has 0 unspecified atom stereocenters. The van der Waals surface area contributed by atoms with Gasteiger partial charge in [-0.15, -0.1) is 0 Å². The van der Waals surface area contributed by atoms with E-state index in [1.54, 1.807) is 0 Å². The van der Waals surface area contributed by atoms with Crippen LogP contribution in [0.5, 0.6) is 0 Å². The summed E-state index contributed by atoms with van der Waals surface area (Å²) in [6.45, 7) is 4.95. The van der Waals surface area contributed by atoms with Crippen LogP contribution in [-0.4, -0.2) is 52.2 Å². The highest BCUT2D eigenvalue weighted by Crippen LogP contribution is 2.26. The fourth-order valence-electron chi connectivity index (χ4n) is 5.35. The maximum atomic E-state index is 13.2. The Kier molecular flexibility index (Phi) is 8.34. The second kappa shape index (κ2) is 12.2. The van der Waals surface area contributed by atoms with Gasteiger partial charge in [-0.1, -0.05) is 78.4 Å². The van der Waals surface area contributed by atoms with E-state index in [4.69, 9.17) is 5.10 Å². The Morgan fingerprint density at radius 3 is 2.26 bits per heavy atom. The molecule has 1 fully saturated rings. The van der Waals surface area contributed by atoms with Crippen molar-refractivity contribution in [3.05, 3.63) is 108 Å². The first-order valence-corrected chi connectivity index (χ1v) is 13.8.